The zero-order valence-electron chi connectivity index (χ0n) is 11.8. The van der Waals surface area contributed by atoms with Crippen LogP contribution < -0.4 is 5.32 Å². The summed E-state index contributed by atoms with van der Waals surface area (Å²) in [5, 5.41) is 10.0. The molecular weight excluding hydrogens is 272 g/mol. The van der Waals surface area contributed by atoms with Gasteiger partial charge < -0.3 is 5.32 Å². The van der Waals surface area contributed by atoms with Crippen LogP contribution in [-0.2, 0) is 0 Å². The Hall–Kier alpha value is -3.14. The monoisotopic (exact) mass is 286 g/mol. The lowest BCUT2D eigenvalue weighted by Crippen LogP contribution is -1.96. The van der Waals surface area contributed by atoms with Crippen LogP contribution in [0.3, 0.4) is 0 Å². The first-order chi connectivity index (χ1) is 10.9. The second-order valence-electron chi connectivity index (χ2n) is 5.03. The molecule has 4 aromatic rings. The molecule has 0 saturated carbocycles. The SMILES string of the molecule is c1cc(Nc2cccc3ccncc23)cc(-n2cccn2)c1. The van der Waals surface area contributed by atoms with E-state index in [-0.39, 0.29) is 0 Å². The summed E-state index contributed by atoms with van der Waals surface area (Å²) in [6.45, 7) is 0. The molecule has 4 heteroatoms. The number of rotatable bonds is 3. The first-order valence-electron chi connectivity index (χ1n) is 7.10. The number of pyridine rings is 1. The minimum atomic E-state index is 1.02. The van der Waals surface area contributed by atoms with Gasteiger partial charge in [0.25, 0.3) is 0 Å². The van der Waals surface area contributed by atoms with Crippen molar-refractivity contribution in [2.24, 2.45) is 0 Å². The van der Waals surface area contributed by atoms with Crippen molar-refractivity contribution >= 4 is 22.1 Å². The summed E-state index contributed by atoms with van der Waals surface area (Å²) in [6, 6.07) is 18.3. The smallest absolute Gasteiger partial charge is 0.0666 e. The Morgan fingerprint density at radius 3 is 2.77 bits per heavy atom. The lowest BCUT2D eigenvalue weighted by Gasteiger charge is -2.11. The third kappa shape index (κ3) is 2.31. The average molecular weight is 286 g/mol. The van der Waals surface area contributed by atoms with E-state index in [2.05, 4.69) is 33.6 Å². The first kappa shape index (κ1) is 12.6. The van der Waals surface area contributed by atoms with Crippen LogP contribution >= 0.6 is 0 Å². The third-order valence-electron chi connectivity index (χ3n) is 3.58. The molecule has 106 valence electrons. The van der Waals surface area contributed by atoms with E-state index in [0.29, 0.717) is 0 Å². The number of nitrogens with one attached hydrogen (secondary N) is 1. The number of aromatic nitrogens is 3. The maximum absolute atomic E-state index is 4.26. The van der Waals surface area contributed by atoms with Crippen molar-refractivity contribution in [1.29, 1.82) is 0 Å². The molecule has 1 N–H and O–H groups in total. The van der Waals surface area contributed by atoms with Gasteiger partial charge >= 0.3 is 0 Å². The average Bonchev–Trinajstić information content (AvgIpc) is 3.10. The Bertz CT molecular complexity index is 908. The molecule has 0 unspecified atom stereocenters. The Labute approximate surface area is 128 Å². The third-order valence-corrected chi connectivity index (χ3v) is 3.58. The maximum Gasteiger partial charge on any atom is 0.0666 e. The zero-order valence-corrected chi connectivity index (χ0v) is 11.8. The largest absolute Gasteiger partial charge is 0.355 e. The summed E-state index contributed by atoms with van der Waals surface area (Å²) < 4.78 is 1.84. The number of benzene rings is 2. The van der Waals surface area contributed by atoms with E-state index in [1.807, 2.05) is 59.7 Å². The summed E-state index contributed by atoms with van der Waals surface area (Å²) in [4.78, 5) is 4.22. The molecule has 0 radical (unpaired) electrons. The van der Waals surface area contributed by atoms with Gasteiger partial charge in [-0.3, -0.25) is 4.98 Å². The lowest BCUT2D eigenvalue weighted by molar-refractivity contribution is 0.881. The van der Waals surface area contributed by atoms with Gasteiger partial charge in [-0.25, -0.2) is 4.68 Å². The van der Waals surface area contributed by atoms with Gasteiger partial charge in [-0.2, -0.15) is 5.10 Å². The summed E-state index contributed by atoms with van der Waals surface area (Å²) in [7, 11) is 0. The highest BCUT2D eigenvalue weighted by Crippen LogP contribution is 2.26. The fourth-order valence-electron chi connectivity index (χ4n) is 2.53. The van der Waals surface area contributed by atoms with Crippen molar-refractivity contribution in [3.63, 3.8) is 0 Å². The van der Waals surface area contributed by atoms with E-state index in [4.69, 9.17) is 0 Å². The lowest BCUT2D eigenvalue weighted by atomic mass is 10.1. The molecule has 2 heterocycles. The van der Waals surface area contributed by atoms with Crippen LogP contribution in [-0.4, -0.2) is 14.8 Å². The molecule has 2 aromatic carbocycles. The van der Waals surface area contributed by atoms with Crippen molar-refractivity contribution in [3.05, 3.63) is 79.4 Å². The molecule has 22 heavy (non-hydrogen) atoms. The fraction of sp³-hybridized carbons (Fsp3) is 0. The van der Waals surface area contributed by atoms with E-state index >= 15 is 0 Å². The van der Waals surface area contributed by atoms with E-state index in [0.717, 1.165) is 22.4 Å². The van der Waals surface area contributed by atoms with Crippen molar-refractivity contribution in [3.8, 4) is 5.69 Å². The molecule has 0 atom stereocenters. The summed E-state index contributed by atoms with van der Waals surface area (Å²) >= 11 is 0. The van der Waals surface area contributed by atoms with Crippen molar-refractivity contribution in [2.45, 2.75) is 0 Å². The zero-order chi connectivity index (χ0) is 14.8. The van der Waals surface area contributed by atoms with Gasteiger partial charge in [0.1, 0.15) is 0 Å². The van der Waals surface area contributed by atoms with Crippen LogP contribution in [0.5, 0.6) is 0 Å². The van der Waals surface area contributed by atoms with Crippen LogP contribution in [0.1, 0.15) is 0 Å². The van der Waals surface area contributed by atoms with Gasteiger partial charge in [0, 0.05) is 41.5 Å². The Morgan fingerprint density at radius 2 is 1.86 bits per heavy atom. The molecule has 4 rings (SSSR count). The topological polar surface area (TPSA) is 42.7 Å². The molecule has 0 aliphatic carbocycles. The summed E-state index contributed by atoms with van der Waals surface area (Å²) in [5.41, 5.74) is 3.08. The summed E-state index contributed by atoms with van der Waals surface area (Å²) in [5.74, 6) is 0. The normalized spacial score (nSPS) is 10.7. The van der Waals surface area contributed by atoms with Crippen molar-refractivity contribution < 1.29 is 0 Å². The van der Waals surface area contributed by atoms with Crippen LogP contribution in [0.4, 0.5) is 11.4 Å². The Morgan fingerprint density at radius 1 is 0.909 bits per heavy atom. The standard InChI is InChI=1S/C18H14N4/c1-4-14-8-10-19-13-17(14)18(7-1)21-15-5-2-6-16(12-15)22-11-3-9-20-22/h1-13,21H. The highest BCUT2D eigenvalue weighted by atomic mass is 15.3. The maximum atomic E-state index is 4.26. The van der Waals surface area contributed by atoms with Gasteiger partial charge in [-0.15, -0.1) is 0 Å². The first-order valence-corrected chi connectivity index (χ1v) is 7.10. The van der Waals surface area contributed by atoms with Crippen molar-refractivity contribution in [1.82, 2.24) is 14.8 Å². The second-order valence-corrected chi connectivity index (χ2v) is 5.03. The van der Waals surface area contributed by atoms with E-state index in [1.165, 1.54) is 5.39 Å². The number of hydrogen-bond donors (Lipinski definition) is 1. The van der Waals surface area contributed by atoms with E-state index < -0.39 is 0 Å². The van der Waals surface area contributed by atoms with Crippen molar-refractivity contribution in [2.75, 3.05) is 5.32 Å². The molecule has 2 aromatic heterocycles. The van der Waals surface area contributed by atoms with Crippen LogP contribution in [0.2, 0.25) is 0 Å². The predicted octanol–water partition coefficient (Wildman–Crippen LogP) is 4.16. The molecule has 0 bridgehead atoms. The molecular formula is C18H14N4. The Kier molecular flexibility index (Phi) is 3.05. The van der Waals surface area contributed by atoms with Gasteiger partial charge in [-0.05, 0) is 41.8 Å². The molecule has 0 fully saturated rings. The highest BCUT2D eigenvalue weighted by Gasteiger charge is 2.03. The summed E-state index contributed by atoms with van der Waals surface area (Å²) in [6.07, 6.45) is 7.40. The van der Waals surface area contributed by atoms with Gasteiger partial charge in [0.05, 0.1) is 5.69 Å². The molecule has 0 spiro atoms. The second kappa shape index (κ2) is 5.33. The van der Waals surface area contributed by atoms with E-state index in [1.54, 1.807) is 6.20 Å². The van der Waals surface area contributed by atoms with E-state index in [9.17, 15) is 0 Å². The van der Waals surface area contributed by atoms with Gasteiger partial charge in [0.2, 0.25) is 0 Å². The fourth-order valence-corrected chi connectivity index (χ4v) is 2.53. The number of anilines is 2. The van der Waals surface area contributed by atoms with Crippen LogP contribution in [0.15, 0.2) is 79.4 Å². The van der Waals surface area contributed by atoms with Gasteiger partial charge in [0.15, 0.2) is 0 Å². The Balaban J connectivity index is 1.73. The van der Waals surface area contributed by atoms with Crippen LogP contribution in [0.25, 0.3) is 16.5 Å². The minimum absolute atomic E-state index is 1.02. The number of fused-ring (bicyclic) bond motifs is 1. The number of nitrogens with zero attached hydrogens (tertiary/aromatic N) is 3. The minimum Gasteiger partial charge on any atom is -0.355 e. The van der Waals surface area contributed by atoms with Crippen LogP contribution in [0, 0.1) is 0 Å². The highest BCUT2D eigenvalue weighted by molar-refractivity contribution is 5.94. The quantitative estimate of drug-likeness (QED) is 0.615. The molecule has 0 aliphatic rings. The number of hydrogen-bond acceptors (Lipinski definition) is 3. The molecule has 0 aliphatic heterocycles. The van der Waals surface area contributed by atoms with Gasteiger partial charge in [-0.1, -0.05) is 18.2 Å². The molecule has 0 amide bonds. The molecule has 0 saturated heterocycles. The predicted molar refractivity (Wildman–Crippen MR) is 88.6 cm³/mol. The molecule has 4 nitrogen and oxygen atoms in total.